The molecule has 2 rings (SSSR count). The Hall–Kier alpha value is -2.59. The fourth-order valence-corrected chi connectivity index (χ4v) is 2.03. The Morgan fingerprint density at radius 2 is 1.68 bits per heavy atom. The first-order valence-corrected chi connectivity index (χ1v) is 7.04. The maximum Gasteiger partial charge on any atom is 0.269 e. The second-order valence-corrected chi connectivity index (χ2v) is 5.02. The Morgan fingerprint density at radius 1 is 1.00 bits per heavy atom. The molecule has 0 bridgehead atoms. The highest BCUT2D eigenvalue weighted by molar-refractivity contribution is 6.32. The Labute approximate surface area is 133 Å². The van der Waals surface area contributed by atoms with E-state index >= 15 is 0 Å². The van der Waals surface area contributed by atoms with Gasteiger partial charge in [-0.1, -0.05) is 48.0 Å². The van der Waals surface area contributed by atoms with Crippen LogP contribution in [0.25, 0.3) is 6.08 Å². The van der Waals surface area contributed by atoms with Crippen LogP contribution in [-0.2, 0) is 4.79 Å². The number of aryl methyl sites for hydroxylation is 1. The third-order valence-corrected chi connectivity index (χ3v) is 3.35. The van der Waals surface area contributed by atoms with Crippen molar-refractivity contribution in [1.82, 2.24) is 10.9 Å². The molecule has 0 atom stereocenters. The van der Waals surface area contributed by atoms with E-state index in [4.69, 9.17) is 11.6 Å². The number of hydrogen-bond donors (Lipinski definition) is 2. The molecule has 0 heterocycles. The Kier molecular flexibility index (Phi) is 5.33. The molecule has 2 aromatic rings. The lowest BCUT2D eigenvalue weighted by molar-refractivity contribution is -0.117. The SMILES string of the molecule is Cc1ccccc1C(=O)NNC(=O)C=Cc1ccccc1Cl. The van der Waals surface area contributed by atoms with Crippen LogP contribution in [0.15, 0.2) is 54.6 Å². The van der Waals surface area contributed by atoms with Gasteiger partial charge in [-0.2, -0.15) is 0 Å². The second-order valence-electron chi connectivity index (χ2n) is 4.61. The molecule has 2 N–H and O–H groups in total. The summed E-state index contributed by atoms with van der Waals surface area (Å²) in [6, 6.07) is 14.3. The van der Waals surface area contributed by atoms with Crippen LogP contribution >= 0.6 is 11.6 Å². The maximum absolute atomic E-state index is 11.9. The van der Waals surface area contributed by atoms with E-state index in [2.05, 4.69) is 10.9 Å². The van der Waals surface area contributed by atoms with Crippen molar-refractivity contribution in [1.29, 1.82) is 0 Å². The molecule has 0 unspecified atom stereocenters. The molecule has 2 amide bonds. The normalized spacial score (nSPS) is 10.5. The first kappa shape index (κ1) is 15.8. The molecular weight excluding hydrogens is 300 g/mol. The minimum atomic E-state index is -0.443. The largest absolute Gasteiger partial charge is 0.269 e. The van der Waals surface area contributed by atoms with Crippen molar-refractivity contribution in [2.24, 2.45) is 0 Å². The lowest BCUT2D eigenvalue weighted by atomic mass is 10.1. The lowest BCUT2D eigenvalue weighted by Gasteiger charge is -2.07. The molecule has 0 saturated carbocycles. The van der Waals surface area contributed by atoms with Gasteiger partial charge in [0.05, 0.1) is 0 Å². The topological polar surface area (TPSA) is 58.2 Å². The van der Waals surface area contributed by atoms with E-state index in [-0.39, 0.29) is 5.91 Å². The van der Waals surface area contributed by atoms with Crippen molar-refractivity contribution >= 4 is 29.5 Å². The molecule has 0 aromatic heterocycles. The molecular formula is C17H15ClN2O2. The third kappa shape index (κ3) is 4.20. The molecule has 4 nitrogen and oxygen atoms in total. The number of nitrogens with one attached hydrogen (secondary N) is 2. The Morgan fingerprint density at radius 3 is 2.41 bits per heavy atom. The molecule has 0 radical (unpaired) electrons. The molecule has 0 saturated heterocycles. The average Bonchev–Trinajstić information content (AvgIpc) is 2.52. The first-order chi connectivity index (χ1) is 10.6. The van der Waals surface area contributed by atoms with Gasteiger partial charge in [0.15, 0.2) is 0 Å². The minimum absolute atomic E-state index is 0.363. The van der Waals surface area contributed by atoms with E-state index in [1.54, 1.807) is 30.3 Å². The molecule has 0 spiro atoms. The van der Waals surface area contributed by atoms with Gasteiger partial charge in [0.1, 0.15) is 0 Å². The third-order valence-electron chi connectivity index (χ3n) is 3.01. The predicted molar refractivity (Wildman–Crippen MR) is 87.3 cm³/mol. The first-order valence-electron chi connectivity index (χ1n) is 6.66. The quantitative estimate of drug-likeness (QED) is 0.675. The number of hydrazine groups is 1. The van der Waals surface area contributed by atoms with E-state index in [0.717, 1.165) is 11.1 Å². The van der Waals surface area contributed by atoms with E-state index < -0.39 is 5.91 Å². The molecule has 112 valence electrons. The van der Waals surface area contributed by atoms with Gasteiger partial charge >= 0.3 is 0 Å². The van der Waals surface area contributed by atoms with Crippen molar-refractivity contribution in [3.63, 3.8) is 0 Å². The predicted octanol–water partition coefficient (Wildman–Crippen LogP) is 3.12. The summed E-state index contributed by atoms with van der Waals surface area (Å²) in [7, 11) is 0. The van der Waals surface area contributed by atoms with Gasteiger partial charge < -0.3 is 0 Å². The van der Waals surface area contributed by atoms with Crippen LogP contribution in [0.1, 0.15) is 21.5 Å². The zero-order valence-electron chi connectivity index (χ0n) is 12.0. The molecule has 2 aromatic carbocycles. The number of carbonyl (C=O) groups excluding carboxylic acids is 2. The van der Waals surface area contributed by atoms with Crippen LogP contribution in [0.3, 0.4) is 0 Å². The molecule has 22 heavy (non-hydrogen) atoms. The van der Waals surface area contributed by atoms with Gasteiger partial charge in [0.25, 0.3) is 11.8 Å². The van der Waals surface area contributed by atoms with E-state index in [1.165, 1.54) is 6.08 Å². The van der Waals surface area contributed by atoms with Crippen molar-refractivity contribution < 1.29 is 9.59 Å². The van der Waals surface area contributed by atoms with Gasteiger partial charge in [-0.3, -0.25) is 20.4 Å². The molecule has 0 aliphatic carbocycles. The van der Waals surface area contributed by atoms with E-state index in [9.17, 15) is 9.59 Å². The Bertz CT molecular complexity index is 726. The number of benzene rings is 2. The molecule has 0 aliphatic heterocycles. The highest BCUT2D eigenvalue weighted by atomic mass is 35.5. The number of hydrogen-bond acceptors (Lipinski definition) is 2. The summed E-state index contributed by atoms with van der Waals surface area (Å²) in [4.78, 5) is 23.6. The molecule has 0 aliphatic rings. The number of carbonyl (C=O) groups is 2. The van der Waals surface area contributed by atoms with Crippen LogP contribution in [-0.4, -0.2) is 11.8 Å². The van der Waals surface area contributed by atoms with Crippen molar-refractivity contribution in [3.05, 3.63) is 76.3 Å². The van der Waals surface area contributed by atoms with E-state index in [0.29, 0.717) is 10.6 Å². The summed E-state index contributed by atoms with van der Waals surface area (Å²) in [6.45, 7) is 1.83. The fraction of sp³-hybridized carbons (Fsp3) is 0.0588. The van der Waals surface area contributed by atoms with E-state index in [1.807, 2.05) is 31.2 Å². The summed E-state index contributed by atoms with van der Waals surface area (Å²) in [6.07, 6.45) is 2.89. The van der Waals surface area contributed by atoms with Gasteiger partial charge in [-0.05, 0) is 36.3 Å². The lowest BCUT2D eigenvalue weighted by Crippen LogP contribution is -2.41. The fourth-order valence-electron chi connectivity index (χ4n) is 1.83. The smallest absolute Gasteiger partial charge is 0.268 e. The number of halogens is 1. The summed E-state index contributed by atoms with van der Waals surface area (Å²) in [5.74, 6) is -0.806. The zero-order valence-corrected chi connectivity index (χ0v) is 12.7. The Balaban J connectivity index is 1.92. The van der Waals surface area contributed by atoms with Gasteiger partial charge in [-0.15, -0.1) is 0 Å². The number of amides is 2. The highest BCUT2D eigenvalue weighted by Gasteiger charge is 2.08. The van der Waals surface area contributed by atoms with Crippen LogP contribution in [0.4, 0.5) is 0 Å². The zero-order chi connectivity index (χ0) is 15.9. The van der Waals surface area contributed by atoms with Crippen molar-refractivity contribution in [2.45, 2.75) is 6.92 Å². The van der Waals surface area contributed by atoms with Crippen LogP contribution in [0.2, 0.25) is 5.02 Å². The van der Waals surface area contributed by atoms with Crippen LogP contribution < -0.4 is 10.9 Å². The molecule has 0 fully saturated rings. The average molecular weight is 315 g/mol. The van der Waals surface area contributed by atoms with Crippen molar-refractivity contribution in [2.75, 3.05) is 0 Å². The van der Waals surface area contributed by atoms with Crippen LogP contribution in [0, 0.1) is 6.92 Å². The molecule has 5 heteroatoms. The summed E-state index contributed by atoms with van der Waals surface area (Å²) in [5, 5.41) is 0.551. The second kappa shape index (κ2) is 7.43. The van der Waals surface area contributed by atoms with Gasteiger partial charge in [0, 0.05) is 16.7 Å². The standard InChI is InChI=1S/C17H15ClN2O2/c1-12-6-2-4-8-14(12)17(22)20-19-16(21)11-10-13-7-3-5-9-15(13)18/h2-11H,1H3,(H,19,21)(H,20,22). The van der Waals surface area contributed by atoms with Crippen LogP contribution in [0.5, 0.6) is 0 Å². The highest BCUT2D eigenvalue weighted by Crippen LogP contribution is 2.15. The summed E-state index contributed by atoms with van der Waals surface area (Å²) >= 11 is 5.98. The minimum Gasteiger partial charge on any atom is -0.268 e. The summed E-state index contributed by atoms with van der Waals surface area (Å²) in [5.41, 5.74) is 6.77. The maximum atomic E-state index is 11.9. The number of rotatable bonds is 3. The monoisotopic (exact) mass is 314 g/mol. The summed E-state index contributed by atoms with van der Waals surface area (Å²) < 4.78 is 0. The van der Waals surface area contributed by atoms with Crippen molar-refractivity contribution in [3.8, 4) is 0 Å². The van der Waals surface area contributed by atoms with Gasteiger partial charge in [-0.25, -0.2) is 0 Å². The van der Waals surface area contributed by atoms with Gasteiger partial charge in [0.2, 0.25) is 0 Å².